The van der Waals surface area contributed by atoms with Gasteiger partial charge >= 0.3 is 413 Å². The van der Waals surface area contributed by atoms with Crippen LogP contribution in [0.4, 0.5) is 17.1 Å². The van der Waals surface area contributed by atoms with Crippen molar-refractivity contribution in [2.24, 2.45) is 0 Å². The van der Waals surface area contributed by atoms with E-state index in [1.54, 1.807) is 0 Å². The third-order valence-corrected chi connectivity index (χ3v) is 16.3. The number of nitrogens with zero attached hydrogens (tertiary/aromatic N) is 2. The van der Waals surface area contributed by atoms with Gasteiger partial charge in [-0.15, -0.1) is 0 Å². The molecule has 0 radical (unpaired) electrons. The van der Waals surface area contributed by atoms with Gasteiger partial charge in [0.1, 0.15) is 0 Å². The summed E-state index contributed by atoms with van der Waals surface area (Å²) in [6, 6.07) is 74.1. The van der Waals surface area contributed by atoms with Gasteiger partial charge in [0, 0.05) is 0 Å². The Morgan fingerprint density at radius 2 is 1.04 bits per heavy atom. The van der Waals surface area contributed by atoms with Gasteiger partial charge in [-0.05, 0) is 0 Å². The molecular weight excluding hydrogens is 886 g/mol. The molecule has 13 rings (SSSR count). The van der Waals surface area contributed by atoms with Crippen molar-refractivity contribution in [2.75, 3.05) is 4.90 Å². The first kappa shape index (κ1) is 36.5. The molecule has 11 aromatic rings. The third kappa shape index (κ3) is 6.62. The Kier molecular flexibility index (Phi) is 8.60. The summed E-state index contributed by atoms with van der Waals surface area (Å²) in [6.45, 7) is 6.49. The first-order chi connectivity index (χ1) is 35.0. The van der Waals surface area contributed by atoms with Crippen LogP contribution >= 0.6 is 0 Å². The molecule has 0 atom stereocenters. The zero-order valence-electron chi connectivity index (χ0n) is 42.0. The van der Waals surface area contributed by atoms with Crippen molar-refractivity contribution in [1.29, 1.82) is 0 Å². The van der Waals surface area contributed by atoms with Crippen LogP contribution in [0.25, 0.3) is 72.0 Å². The van der Waals surface area contributed by atoms with Crippen LogP contribution in [0, 0.1) is 0 Å². The standard InChI is InChI=1S/C64H47BN2Se/c1-64(2,3)48-33-34-53-52-27-16-17-30-56(52)66(58(53)39-48)49-40-59-62-61(41-49)68-60-36-32-47(43-21-10-5-11-22-43)38-55(60)65(62)54-37-46(42-19-8-4-9-20-42)31-35-57(54)67(59)63-50(44-23-12-6-13-24-44)28-18-29-51(63)45-25-14-7-15-26-45/h4-41H,1-3H3/i16D,17D,27D,30D. The fraction of sp³-hybridized carbons (Fsp3) is 0.0625. The van der Waals surface area contributed by atoms with E-state index in [1.165, 1.54) is 36.4 Å². The summed E-state index contributed by atoms with van der Waals surface area (Å²) in [5, 5.41) is 1.33. The van der Waals surface area contributed by atoms with Crippen molar-refractivity contribution in [1.82, 2.24) is 4.57 Å². The number of rotatable bonds is 6. The van der Waals surface area contributed by atoms with Crippen molar-refractivity contribution in [3.63, 3.8) is 0 Å². The Morgan fingerprint density at radius 3 is 1.68 bits per heavy atom. The van der Waals surface area contributed by atoms with Gasteiger partial charge in [-0.1, -0.05) is 0 Å². The fourth-order valence-electron chi connectivity index (χ4n) is 10.7. The molecule has 0 amide bonds. The maximum atomic E-state index is 9.63. The molecule has 1 aromatic heterocycles. The third-order valence-electron chi connectivity index (χ3n) is 13.9. The Bertz CT molecular complexity index is 3930. The van der Waals surface area contributed by atoms with E-state index in [2.05, 4.69) is 236 Å². The van der Waals surface area contributed by atoms with E-state index >= 15 is 0 Å². The molecule has 2 aliphatic rings. The number of benzene rings is 10. The SMILES string of the molecule is [2H]c1c([2H])c([2H])c2c(c1[2H])c1ccc(C(C)(C)C)cc1n2-c1cc2c3c(c1)N(c1c(-c4ccccc4)cccc1-c1ccccc1)c1ccc(-c4ccccc4)cc1B3c1cc(-c3ccccc3)ccc1[Se]2. The van der Waals surface area contributed by atoms with Crippen molar-refractivity contribution in [2.45, 2.75) is 26.2 Å². The van der Waals surface area contributed by atoms with Gasteiger partial charge in [0.25, 0.3) is 0 Å². The summed E-state index contributed by atoms with van der Waals surface area (Å²) in [4.78, 5) is 2.53. The molecule has 0 saturated heterocycles. The van der Waals surface area contributed by atoms with Crippen LogP contribution in [0.5, 0.6) is 0 Å². The van der Waals surface area contributed by atoms with E-state index in [1.807, 2.05) is 0 Å². The minimum absolute atomic E-state index is 0.0287. The van der Waals surface area contributed by atoms with Crippen molar-refractivity contribution in [3.8, 4) is 50.2 Å². The molecule has 0 aliphatic carbocycles. The van der Waals surface area contributed by atoms with Gasteiger partial charge in [-0.2, -0.15) is 0 Å². The number of fused-ring (bicyclic) bond motifs is 7. The Morgan fingerprint density at radius 1 is 0.456 bits per heavy atom. The van der Waals surface area contributed by atoms with Crippen molar-refractivity contribution >= 4 is 85.8 Å². The van der Waals surface area contributed by atoms with Gasteiger partial charge in [-0.3, -0.25) is 0 Å². The summed E-state index contributed by atoms with van der Waals surface area (Å²) in [6.07, 6.45) is 0. The second-order valence-electron chi connectivity index (χ2n) is 19.0. The average Bonchev–Trinajstić information content (AvgIpc) is 3.77. The maximum absolute atomic E-state index is 9.63. The Labute approximate surface area is 411 Å². The number of aromatic nitrogens is 1. The molecule has 4 heteroatoms. The normalized spacial score (nSPS) is 13.6. The summed E-state index contributed by atoms with van der Waals surface area (Å²) in [5.74, 6) is 0. The van der Waals surface area contributed by atoms with E-state index in [9.17, 15) is 2.74 Å². The minimum atomic E-state index is -0.242. The van der Waals surface area contributed by atoms with E-state index in [0.717, 1.165) is 72.6 Å². The van der Waals surface area contributed by atoms with Gasteiger partial charge < -0.3 is 0 Å². The van der Waals surface area contributed by atoms with E-state index in [0.29, 0.717) is 10.9 Å². The Hall–Kier alpha value is -7.62. The molecule has 10 aromatic carbocycles. The molecule has 3 heterocycles. The first-order valence-corrected chi connectivity index (χ1v) is 25.1. The van der Waals surface area contributed by atoms with Crippen molar-refractivity contribution < 1.29 is 5.48 Å². The zero-order valence-corrected chi connectivity index (χ0v) is 39.7. The van der Waals surface area contributed by atoms with E-state index < -0.39 is 0 Å². The Balaban J connectivity index is 1.19. The molecule has 0 fully saturated rings. The van der Waals surface area contributed by atoms with Gasteiger partial charge in [0.15, 0.2) is 0 Å². The summed E-state index contributed by atoms with van der Waals surface area (Å²) in [5.41, 5.74) is 19.2. The monoisotopic (exact) mass is 938 g/mol. The van der Waals surface area contributed by atoms with Crippen LogP contribution in [-0.2, 0) is 5.41 Å². The molecular formula is C64H47BN2Se. The molecule has 0 unspecified atom stereocenters. The molecule has 2 aliphatic heterocycles. The van der Waals surface area contributed by atoms with E-state index in [4.69, 9.17) is 2.74 Å². The van der Waals surface area contributed by atoms with E-state index in [-0.39, 0.29) is 51.3 Å². The predicted octanol–water partition coefficient (Wildman–Crippen LogP) is 13.0. The summed E-state index contributed by atoms with van der Waals surface area (Å²) >= 11 is -0.156. The van der Waals surface area contributed by atoms with Crippen LogP contribution in [0.3, 0.4) is 0 Å². The molecule has 2 nitrogen and oxygen atoms in total. The zero-order chi connectivity index (χ0) is 49.0. The van der Waals surface area contributed by atoms with Crippen LogP contribution in [0.2, 0.25) is 0 Å². The number of para-hydroxylation sites is 2. The molecule has 322 valence electrons. The van der Waals surface area contributed by atoms with Crippen LogP contribution in [0.1, 0.15) is 31.8 Å². The average molecular weight is 938 g/mol. The second kappa shape index (κ2) is 16.0. The van der Waals surface area contributed by atoms with Gasteiger partial charge in [0.05, 0.1) is 0 Å². The number of hydrogen-bond donors (Lipinski definition) is 0. The number of anilines is 3. The predicted molar refractivity (Wildman–Crippen MR) is 292 cm³/mol. The fourth-order valence-corrected chi connectivity index (χ4v) is 13.1. The molecule has 0 saturated carbocycles. The topological polar surface area (TPSA) is 8.17 Å². The summed E-state index contributed by atoms with van der Waals surface area (Å²) in [7, 11) is 0. The van der Waals surface area contributed by atoms with Crippen molar-refractivity contribution in [3.05, 3.63) is 236 Å². The molecule has 0 bridgehead atoms. The molecule has 0 spiro atoms. The number of hydrogen-bond acceptors (Lipinski definition) is 1. The molecule has 68 heavy (non-hydrogen) atoms. The van der Waals surface area contributed by atoms with Crippen LogP contribution in [0.15, 0.2) is 230 Å². The van der Waals surface area contributed by atoms with Gasteiger partial charge in [-0.25, -0.2) is 0 Å². The van der Waals surface area contributed by atoms with Crippen LogP contribution < -0.4 is 30.2 Å². The van der Waals surface area contributed by atoms with Crippen LogP contribution in [-0.4, -0.2) is 26.2 Å². The molecule has 0 N–H and O–H groups in total. The second-order valence-corrected chi connectivity index (χ2v) is 21.3. The summed E-state index contributed by atoms with van der Waals surface area (Å²) < 4.78 is 41.7. The first-order valence-electron chi connectivity index (χ1n) is 25.4. The van der Waals surface area contributed by atoms with Gasteiger partial charge in [0.2, 0.25) is 0 Å². The quantitative estimate of drug-likeness (QED) is 0.151.